The Morgan fingerprint density at radius 1 is 1.19 bits per heavy atom. The highest BCUT2D eigenvalue weighted by atomic mass is 16.5. The van der Waals surface area contributed by atoms with E-state index in [1.54, 1.807) is 7.11 Å². The van der Waals surface area contributed by atoms with E-state index in [1.165, 1.54) is 31.6 Å². The molecule has 0 radical (unpaired) electrons. The maximum Gasteiger partial charge on any atom is 0.193 e. The number of guanidine groups is 1. The monoisotopic (exact) mass is 373 g/mol. The van der Waals surface area contributed by atoms with Gasteiger partial charge in [-0.3, -0.25) is 4.99 Å². The number of benzene rings is 1. The lowest BCUT2D eigenvalue weighted by Crippen LogP contribution is -2.53. The largest absolute Gasteiger partial charge is 0.495 e. The summed E-state index contributed by atoms with van der Waals surface area (Å²) in [6.07, 6.45) is 2.64. The van der Waals surface area contributed by atoms with Crippen LogP contribution in [0.1, 0.15) is 19.8 Å². The molecule has 6 nitrogen and oxygen atoms in total. The smallest absolute Gasteiger partial charge is 0.193 e. The van der Waals surface area contributed by atoms with Crippen molar-refractivity contribution >= 4 is 11.6 Å². The molecule has 6 heteroatoms. The third-order valence-corrected chi connectivity index (χ3v) is 5.82. The van der Waals surface area contributed by atoms with Gasteiger partial charge in [0.25, 0.3) is 0 Å². The van der Waals surface area contributed by atoms with Crippen molar-refractivity contribution in [3.05, 3.63) is 24.3 Å². The van der Waals surface area contributed by atoms with Crippen LogP contribution in [0.5, 0.6) is 5.75 Å². The molecule has 2 heterocycles. The van der Waals surface area contributed by atoms with E-state index >= 15 is 0 Å². The summed E-state index contributed by atoms with van der Waals surface area (Å²) < 4.78 is 5.52. The average Bonchev–Trinajstić information content (AvgIpc) is 2.74. The number of likely N-dealkylation sites (tertiary alicyclic amines) is 1. The maximum atomic E-state index is 5.52. The predicted octanol–water partition coefficient (Wildman–Crippen LogP) is 2.12. The zero-order chi connectivity index (χ0) is 19.1. The Bertz CT molecular complexity index is 612. The van der Waals surface area contributed by atoms with Crippen LogP contribution in [-0.4, -0.2) is 82.3 Å². The number of para-hydroxylation sites is 2. The molecular formula is C21H35N5O. The summed E-state index contributed by atoms with van der Waals surface area (Å²) >= 11 is 0. The van der Waals surface area contributed by atoms with E-state index in [1.807, 2.05) is 19.2 Å². The summed E-state index contributed by atoms with van der Waals surface area (Å²) in [5.74, 6) is 2.72. The fourth-order valence-electron chi connectivity index (χ4n) is 4.22. The molecule has 0 bridgehead atoms. The van der Waals surface area contributed by atoms with Gasteiger partial charge in [-0.25, -0.2) is 0 Å². The summed E-state index contributed by atoms with van der Waals surface area (Å²) in [7, 11) is 3.64. The van der Waals surface area contributed by atoms with Gasteiger partial charge in [0.15, 0.2) is 5.96 Å². The summed E-state index contributed by atoms with van der Waals surface area (Å²) in [6.45, 7) is 10.8. The van der Waals surface area contributed by atoms with Crippen LogP contribution in [0.15, 0.2) is 29.3 Å². The van der Waals surface area contributed by atoms with Gasteiger partial charge < -0.3 is 24.8 Å². The number of ether oxygens (including phenoxy) is 1. The zero-order valence-corrected chi connectivity index (χ0v) is 17.2. The van der Waals surface area contributed by atoms with E-state index in [2.05, 4.69) is 44.1 Å². The minimum absolute atomic E-state index is 0.727. The standard InChI is InChI=1S/C21H35N5O/c1-4-24-11-7-8-18(17-24)16-23-21(22-2)26-14-12-25(13-15-26)19-9-5-6-10-20(19)27-3/h5-6,9-10,18H,4,7-8,11-17H2,1-3H3,(H,22,23). The lowest BCUT2D eigenvalue weighted by Gasteiger charge is -2.39. The highest BCUT2D eigenvalue weighted by Gasteiger charge is 2.23. The van der Waals surface area contributed by atoms with Gasteiger partial charge in [0.2, 0.25) is 0 Å². The molecule has 2 aliphatic heterocycles. The van der Waals surface area contributed by atoms with Gasteiger partial charge in [0.05, 0.1) is 12.8 Å². The second-order valence-electron chi connectivity index (χ2n) is 7.48. The fourth-order valence-corrected chi connectivity index (χ4v) is 4.22. The average molecular weight is 374 g/mol. The Kier molecular flexibility index (Phi) is 7.21. The molecule has 1 atom stereocenters. The number of rotatable bonds is 5. The number of hydrogen-bond acceptors (Lipinski definition) is 4. The van der Waals surface area contributed by atoms with Crippen LogP contribution in [0.2, 0.25) is 0 Å². The number of methoxy groups -OCH3 is 1. The van der Waals surface area contributed by atoms with Crippen molar-refractivity contribution < 1.29 is 4.74 Å². The van der Waals surface area contributed by atoms with Crippen LogP contribution in [-0.2, 0) is 0 Å². The molecule has 0 amide bonds. The van der Waals surface area contributed by atoms with Gasteiger partial charge in [-0.05, 0) is 44.0 Å². The number of hydrogen-bond donors (Lipinski definition) is 1. The van der Waals surface area contributed by atoms with Crippen LogP contribution in [0.25, 0.3) is 0 Å². The molecule has 27 heavy (non-hydrogen) atoms. The van der Waals surface area contributed by atoms with Gasteiger partial charge in [0.1, 0.15) is 5.75 Å². The SMILES string of the molecule is CCN1CCCC(CNC(=NC)N2CCN(c3ccccc3OC)CC2)C1. The predicted molar refractivity (Wildman–Crippen MR) is 113 cm³/mol. The van der Waals surface area contributed by atoms with Gasteiger partial charge in [0, 0.05) is 46.3 Å². The van der Waals surface area contributed by atoms with E-state index in [4.69, 9.17) is 4.74 Å². The third kappa shape index (κ3) is 5.06. The maximum absolute atomic E-state index is 5.52. The minimum atomic E-state index is 0.727. The molecule has 0 aromatic heterocycles. The van der Waals surface area contributed by atoms with Gasteiger partial charge in [-0.2, -0.15) is 0 Å². The first-order valence-corrected chi connectivity index (χ1v) is 10.3. The number of nitrogens with zero attached hydrogens (tertiary/aromatic N) is 4. The molecule has 0 aliphatic carbocycles. The van der Waals surface area contributed by atoms with E-state index in [9.17, 15) is 0 Å². The van der Waals surface area contributed by atoms with Crippen molar-refractivity contribution in [3.63, 3.8) is 0 Å². The summed E-state index contributed by atoms with van der Waals surface area (Å²) in [5, 5.41) is 3.64. The number of anilines is 1. The topological polar surface area (TPSA) is 43.3 Å². The van der Waals surface area contributed by atoms with Gasteiger partial charge in [-0.1, -0.05) is 19.1 Å². The molecule has 3 rings (SSSR count). The van der Waals surface area contributed by atoms with Crippen molar-refractivity contribution in [1.82, 2.24) is 15.1 Å². The van der Waals surface area contributed by atoms with E-state index in [0.29, 0.717) is 0 Å². The molecule has 1 N–H and O–H groups in total. The van der Waals surface area contributed by atoms with Crippen molar-refractivity contribution in [3.8, 4) is 5.75 Å². The van der Waals surface area contributed by atoms with Crippen LogP contribution in [0, 0.1) is 5.92 Å². The minimum Gasteiger partial charge on any atom is -0.495 e. The number of piperidine rings is 1. The lowest BCUT2D eigenvalue weighted by molar-refractivity contribution is 0.182. The Morgan fingerprint density at radius 3 is 2.67 bits per heavy atom. The lowest BCUT2D eigenvalue weighted by atomic mass is 9.98. The summed E-state index contributed by atoms with van der Waals surface area (Å²) in [6, 6.07) is 8.28. The van der Waals surface area contributed by atoms with E-state index in [0.717, 1.165) is 56.9 Å². The Labute approximate surface area is 164 Å². The van der Waals surface area contributed by atoms with Crippen LogP contribution in [0.3, 0.4) is 0 Å². The van der Waals surface area contributed by atoms with E-state index in [-0.39, 0.29) is 0 Å². The first-order chi connectivity index (χ1) is 13.2. The number of nitrogens with one attached hydrogen (secondary N) is 1. The number of piperazine rings is 1. The fraction of sp³-hybridized carbons (Fsp3) is 0.667. The van der Waals surface area contributed by atoms with Crippen molar-refractivity contribution in [2.45, 2.75) is 19.8 Å². The highest BCUT2D eigenvalue weighted by Crippen LogP contribution is 2.28. The molecule has 2 saturated heterocycles. The highest BCUT2D eigenvalue weighted by molar-refractivity contribution is 5.80. The molecule has 1 aromatic carbocycles. The molecule has 2 fully saturated rings. The normalized spacial score (nSPS) is 22.0. The second kappa shape index (κ2) is 9.83. The summed E-state index contributed by atoms with van der Waals surface area (Å²) in [4.78, 5) is 11.9. The van der Waals surface area contributed by atoms with Crippen molar-refractivity contribution in [2.75, 3.05) is 71.4 Å². The first-order valence-electron chi connectivity index (χ1n) is 10.3. The quantitative estimate of drug-likeness (QED) is 0.633. The molecule has 2 aliphatic rings. The van der Waals surface area contributed by atoms with Gasteiger partial charge >= 0.3 is 0 Å². The van der Waals surface area contributed by atoms with Gasteiger partial charge in [-0.15, -0.1) is 0 Å². The van der Waals surface area contributed by atoms with Crippen LogP contribution < -0.4 is 15.0 Å². The molecule has 0 spiro atoms. The Hall–Kier alpha value is -1.95. The second-order valence-corrected chi connectivity index (χ2v) is 7.48. The van der Waals surface area contributed by atoms with Crippen molar-refractivity contribution in [1.29, 1.82) is 0 Å². The Balaban J connectivity index is 1.50. The third-order valence-electron chi connectivity index (χ3n) is 5.82. The zero-order valence-electron chi connectivity index (χ0n) is 17.2. The molecule has 150 valence electrons. The van der Waals surface area contributed by atoms with Crippen LogP contribution in [0.4, 0.5) is 5.69 Å². The van der Waals surface area contributed by atoms with E-state index < -0.39 is 0 Å². The Morgan fingerprint density at radius 2 is 1.96 bits per heavy atom. The summed E-state index contributed by atoms with van der Waals surface area (Å²) in [5.41, 5.74) is 1.18. The molecule has 1 unspecified atom stereocenters. The molecule has 0 saturated carbocycles. The van der Waals surface area contributed by atoms with Crippen LogP contribution >= 0.6 is 0 Å². The number of aliphatic imine (C=N–C) groups is 1. The first kappa shape index (κ1) is 19.8. The van der Waals surface area contributed by atoms with Crippen molar-refractivity contribution in [2.24, 2.45) is 10.9 Å². The molecular weight excluding hydrogens is 338 g/mol. The molecule has 1 aromatic rings.